The Morgan fingerprint density at radius 3 is 2.81 bits per heavy atom. The van der Waals surface area contributed by atoms with Crippen molar-refractivity contribution in [1.82, 2.24) is 15.3 Å². The third-order valence-corrected chi connectivity index (χ3v) is 5.31. The van der Waals surface area contributed by atoms with Crippen LogP contribution in [0.15, 0.2) is 42.5 Å². The van der Waals surface area contributed by atoms with Crippen LogP contribution < -0.4 is 10.2 Å². The number of benzene rings is 2. The van der Waals surface area contributed by atoms with Gasteiger partial charge in [-0.2, -0.15) is 0 Å². The predicted molar refractivity (Wildman–Crippen MR) is 118 cm³/mol. The monoisotopic (exact) mass is 422 g/mol. The number of hydrogen-bond donors (Lipinski definition) is 2. The molecule has 0 spiro atoms. The number of aromatic hydroxyl groups is 1. The van der Waals surface area contributed by atoms with E-state index in [-0.39, 0.29) is 18.4 Å². The molecule has 1 aliphatic heterocycles. The summed E-state index contributed by atoms with van der Waals surface area (Å²) in [6.45, 7) is 3.90. The zero-order chi connectivity index (χ0) is 21.8. The van der Waals surface area contributed by atoms with Gasteiger partial charge in [-0.3, -0.25) is 4.90 Å². The second kappa shape index (κ2) is 9.28. The summed E-state index contributed by atoms with van der Waals surface area (Å²) in [6.07, 6.45) is 0.303. The van der Waals surface area contributed by atoms with E-state index in [2.05, 4.69) is 10.3 Å². The first kappa shape index (κ1) is 21.0. The van der Waals surface area contributed by atoms with Crippen LogP contribution in [0.3, 0.4) is 0 Å². The van der Waals surface area contributed by atoms with Crippen molar-refractivity contribution < 1.29 is 19.4 Å². The lowest BCUT2D eigenvalue weighted by molar-refractivity contribution is 0.102. The summed E-state index contributed by atoms with van der Waals surface area (Å²) in [4.78, 5) is 24.2. The summed E-state index contributed by atoms with van der Waals surface area (Å²) in [5.41, 5.74) is 2.24. The number of amides is 1. The van der Waals surface area contributed by atoms with Crippen molar-refractivity contribution in [2.75, 3.05) is 38.3 Å². The fourth-order valence-corrected chi connectivity index (χ4v) is 3.74. The molecule has 1 aromatic heterocycles. The predicted octanol–water partition coefficient (Wildman–Crippen LogP) is 3.26. The number of carbonyl (C=O) groups is 1. The number of hydrogen-bond acceptors (Lipinski definition) is 7. The van der Waals surface area contributed by atoms with Crippen LogP contribution in [-0.4, -0.2) is 60.6 Å². The molecule has 1 unspecified atom stereocenters. The zero-order valence-electron chi connectivity index (χ0n) is 17.7. The van der Waals surface area contributed by atoms with Gasteiger partial charge in [-0.25, -0.2) is 14.8 Å². The molecule has 4 rings (SSSR count). The van der Waals surface area contributed by atoms with Gasteiger partial charge in [0.05, 0.1) is 23.7 Å². The maximum absolute atomic E-state index is 13.1. The van der Waals surface area contributed by atoms with Gasteiger partial charge in [-0.1, -0.05) is 18.2 Å². The fourth-order valence-electron chi connectivity index (χ4n) is 3.74. The van der Waals surface area contributed by atoms with Gasteiger partial charge in [0, 0.05) is 19.0 Å². The van der Waals surface area contributed by atoms with Crippen LogP contribution in [0.2, 0.25) is 0 Å². The normalized spacial score (nSPS) is 15.9. The molecule has 31 heavy (non-hydrogen) atoms. The number of methoxy groups -OCH3 is 1. The van der Waals surface area contributed by atoms with E-state index in [9.17, 15) is 9.90 Å². The number of para-hydroxylation sites is 1. The third-order valence-electron chi connectivity index (χ3n) is 5.31. The minimum Gasteiger partial charge on any atom is -0.507 e. The Kier molecular flexibility index (Phi) is 6.29. The number of phenols is 1. The SMILES string of the molecule is COCCOC(=O)N(c1nc(-c2ccccc2O)nc2cc(C)ccc12)C1CCNC1. The Morgan fingerprint density at radius 1 is 1.23 bits per heavy atom. The highest BCUT2D eigenvalue weighted by atomic mass is 16.6. The van der Waals surface area contributed by atoms with Crippen LogP contribution in [0.1, 0.15) is 12.0 Å². The third kappa shape index (κ3) is 4.45. The highest BCUT2D eigenvalue weighted by Crippen LogP contribution is 2.33. The lowest BCUT2D eigenvalue weighted by Crippen LogP contribution is -2.43. The summed E-state index contributed by atoms with van der Waals surface area (Å²) in [7, 11) is 1.56. The first-order valence-electron chi connectivity index (χ1n) is 10.3. The molecule has 1 atom stereocenters. The van der Waals surface area contributed by atoms with Gasteiger partial charge in [0.15, 0.2) is 5.82 Å². The molecular weight excluding hydrogens is 396 g/mol. The molecule has 2 N–H and O–H groups in total. The smallest absolute Gasteiger partial charge is 0.415 e. The van der Waals surface area contributed by atoms with Crippen LogP contribution in [0.5, 0.6) is 5.75 Å². The van der Waals surface area contributed by atoms with E-state index in [1.54, 1.807) is 30.2 Å². The molecule has 1 amide bonds. The highest BCUT2D eigenvalue weighted by Gasteiger charge is 2.32. The molecule has 3 aromatic rings. The lowest BCUT2D eigenvalue weighted by atomic mass is 10.1. The zero-order valence-corrected chi connectivity index (χ0v) is 17.7. The van der Waals surface area contributed by atoms with E-state index in [0.29, 0.717) is 35.9 Å². The molecule has 0 bridgehead atoms. The second-order valence-electron chi connectivity index (χ2n) is 7.53. The molecule has 0 aliphatic carbocycles. The summed E-state index contributed by atoms with van der Waals surface area (Å²) in [5, 5.41) is 14.4. The fraction of sp³-hybridized carbons (Fsp3) is 0.348. The second-order valence-corrected chi connectivity index (χ2v) is 7.53. The Labute approximate surface area is 180 Å². The van der Waals surface area contributed by atoms with Gasteiger partial charge in [0.25, 0.3) is 0 Å². The van der Waals surface area contributed by atoms with Gasteiger partial charge >= 0.3 is 6.09 Å². The van der Waals surface area contributed by atoms with Crippen molar-refractivity contribution in [2.45, 2.75) is 19.4 Å². The van der Waals surface area contributed by atoms with E-state index in [1.807, 2.05) is 31.2 Å². The van der Waals surface area contributed by atoms with E-state index < -0.39 is 6.09 Å². The Morgan fingerprint density at radius 2 is 2.06 bits per heavy atom. The van der Waals surface area contributed by atoms with Crippen LogP contribution >= 0.6 is 0 Å². The summed E-state index contributed by atoms with van der Waals surface area (Å²) in [5.74, 6) is 0.906. The van der Waals surface area contributed by atoms with Crippen molar-refractivity contribution in [1.29, 1.82) is 0 Å². The number of nitrogens with zero attached hydrogens (tertiary/aromatic N) is 3. The van der Waals surface area contributed by atoms with Crippen molar-refractivity contribution in [2.24, 2.45) is 0 Å². The molecule has 1 saturated heterocycles. The Bertz CT molecular complexity index is 1080. The Balaban J connectivity index is 1.87. The number of ether oxygens (including phenoxy) is 2. The van der Waals surface area contributed by atoms with Crippen LogP contribution in [0, 0.1) is 6.92 Å². The van der Waals surface area contributed by atoms with Gasteiger partial charge < -0.3 is 19.9 Å². The first-order chi connectivity index (χ1) is 15.1. The number of nitrogens with one attached hydrogen (secondary N) is 1. The number of phenolic OH excluding ortho intramolecular Hbond substituents is 1. The molecule has 8 nitrogen and oxygen atoms in total. The van der Waals surface area contributed by atoms with E-state index in [0.717, 1.165) is 23.9 Å². The summed E-state index contributed by atoms with van der Waals surface area (Å²) >= 11 is 0. The molecule has 8 heteroatoms. The molecule has 2 heterocycles. The number of rotatable bonds is 6. The molecule has 162 valence electrons. The Hall–Kier alpha value is -3.23. The molecule has 1 fully saturated rings. The van der Waals surface area contributed by atoms with Crippen molar-refractivity contribution in [3.05, 3.63) is 48.0 Å². The van der Waals surface area contributed by atoms with Gasteiger partial charge in [0.1, 0.15) is 18.2 Å². The minimum atomic E-state index is -0.477. The maximum atomic E-state index is 13.1. The van der Waals surface area contributed by atoms with E-state index >= 15 is 0 Å². The summed E-state index contributed by atoms with van der Waals surface area (Å²) < 4.78 is 10.5. The van der Waals surface area contributed by atoms with Crippen molar-refractivity contribution in [3.63, 3.8) is 0 Å². The lowest BCUT2D eigenvalue weighted by Gasteiger charge is -2.28. The maximum Gasteiger partial charge on any atom is 0.415 e. The molecular formula is C23H26N4O4. The van der Waals surface area contributed by atoms with Gasteiger partial charge in [0.2, 0.25) is 0 Å². The molecule has 0 radical (unpaired) electrons. The number of aromatic nitrogens is 2. The van der Waals surface area contributed by atoms with Crippen molar-refractivity contribution in [3.8, 4) is 17.1 Å². The number of carbonyl (C=O) groups excluding carboxylic acids is 1. The quantitative estimate of drug-likeness (QED) is 0.589. The van der Waals surface area contributed by atoms with Gasteiger partial charge in [-0.15, -0.1) is 0 Å². The summed E-state index contributed by atoms with van der Waals surface area (Å²) in [6, 6.07) is 12.6. The number of fused-ring (bicyclic) bond motifs is 1. The van der Waals surface area contributed by atoms with Crippen LogP contribution in [-0.2, 0) is 9.47 Å². The minimum absolute atomic E-state index is 0.0807. The molecule has 0 saturated carbocycles. The topological polar surface area (TPSA) is 96.8 Å². The largest absolute Gasteiger partial charge is 0.507 e. The van der Waals surface area contributed by atoms with Crippen LogP contribution in [0.25, 0.3) is 22.3 Å². The van der Waals surface area contributed by atoms with Crippen molar-refractivity contribution >= 4 is 22.8 Å². The molecule has 2 aromatic carbocycles. The van der Waals surface area contributed by atoms with E-state index in [1.165, 1.54) is 0 Å². The average molecular weight is 422 g/mol. The number of anilines is 1. The van der Waals surface area contributed by atoms with E-state index in [4.69, 9.17) is 14.5 Å². The van der Waals surface area contributed by atoms with Crippen LogP contribution in [0.4, 0.5) is 10.6 Å². The standard InChI is InChI=1S/C23H26N4O4/c1-15-7-8-17-19(13-15)25-21(18-5-3-4-6-20(18)28)26-22(17)27(16-9-10-24-14-16)23(29)31-12-11-30-2/h3-8,13,16,24,28H,9-12,14H2,1-2H3. The average Bonchev–Trinajstić information content (AvgIpc) is 3.28. The first-order valence-corrected chi connectivity index (χ1v) is 10.3. The highest BCUT2D eigenvalue weighted by molar-refractivity contribution is 6.00. The molecule has 1 aliphatic rings. The van der Waals surface area contributed by atoms with Gasteiger partial charge in [-0.05, 0) is 49.7 Å². The number of aryl methyl sites for hydroxylation is 1.